The summed E-state index contributed by atoms with van der Waals surface area (Å²) >= 11 is 8.00. The number of anilines is 2. The molecular weight excluding hydrogens is 536 g/mol. The predicted molar refractivity (Wildman–Crippen MR) is 156 cm³/mol. The maximum atomic E-state index is 13.2. The molecule has 39 heavy (non-hydrogen) atoms. The quantitative estimate of drug-likeness (QED) is 0.195. The van der Waals surface area contributed by atoms with E-state index in [1.54, 1.807) is 28.9 Å². The van der Waals surface area contributed by atoms with Gasteiger partial charge in [-0.2, -0.15) is 5.10 Å². The van der Waals surface area contributed by atoms with Gasteiger partial charge in [0.05, 0.1) is 22.0 Å². The summed E-state index contributed by atoms with van der Waals surface area (Å²) in [6.07, 6.45) is 6.12. The molecule has 0 atom stereocenters. The summed E-state index contributed by atoms with van der Waals surface area (Å²) in [5, 5.41) is 9.66. The second kappa shape index (κ2) is 11.4. The maximum Gasteiger partial charge on any atom is 0.264 e. The number of hydrogen-bond donors (Lipinski definition) is 2. The molecule has 0 saturated heterocycles. The predicted octanol–water partition coefficient (Wildman–Crippen LogP) is 6.09. The van der Waals surface area contributed by atoms with Crippen LogP contribution in [0.1, 0.15) is 41.3 Å². The SMILES string of the molecule is CC/C(=N\N(C1=CCCc2ccc(NC(=O)c3cc4c(cc3Cl)OCO4)cc21)c1ccc(SC)cc1)C(N)=O. The third-order valence-corrected chi connectivity index (χ3v) is 7.54. The molecule has 5 rings (SSSR count). The minimum Gasteiger partial charge on any atom is -0.454 e. The smallest absolute Gasteiger partial charge is 0.264 e. The largest absolute Gasteiger partial charge is 0.454 e. The highest BCUT2D eigenvalue weighted by Gasteiger charge is 2.24. The van der Waals surface area contributed by atoms with E-state index in [0.717, 1.165) is 40.2 Å². The van der Waals surface area contributed by atoms with E-state index >= 15 is 0 Å². The fraction of sp³-hybridized carbons (Fsp3) is 0.207. The number of amides is 2. The molecule has 3 aromatic carbocycles. The summed E-state index contributed by atoms with van der Waals surface area (Å²) in [6, 6.07) is 16.9. The minimum absolute atomic E-state index is 0.0885. The molecule has 0 fully saturated rings. The van der Waals surface area contributed by atoms with Gasteiger partial charge in [0.1, 0.15) is 5.71 Å². The molecule has 200 valence electrons. The standard InChI is InChI=1S/C29H27ClN4O4S/c1-3-24(28(31)35)33-34(19-9-11-20(39-2)12-10-19)25-6-4-5-17-7-8-18(13-21(17)25)32-29(36)22-14-26-27(15-23(22)30)38-16-37-26/h6-15H,3-5,16H2,1-2H3,(H2,31,35)(H,32,36)/b33-24+. The summed E-state index contributed by atoms with van der Waals surface area (Å²) in [7, 11) is 0. The summed E-state index contributed by atoms with van der Waals surface area (Å²) < 4.78 is 10.7. The first kappa shape index (κ1) is 26.6. The lowest BCUT2D eigenvalue weighted by molar-refractivity contribution is -0.112. The van der Waals surface area contributed by atoms with Gasteiger partial charge in [0.2, 0.25) is 6.79 Å². The lowest BCUT2D eigenvalue weighted by atomic mass is 9.93. The number of primary amides is 1. The van der Waals surface area contributed by atoms with Gasteiger partial charge >= 0.3 is 0 Å². The Hall–Kier alpha value is -3.95. The number of carbonyl (C=O) groups excluding carboxylic acids is 2. The van der Waals surface area contributed by atoms with Crippen LogP contribution in [0.15, 0.2) is 70.7 Å². The Morgan fingerprint density at radius 1 is 1.10 bits per heavy atom. The summed E-state index contributed by atoms with van der Waals surface area (Å²) in [5.41, 5.74) is 10.4. The third-order valence-electron chi connectivity index (χ3n) is 6.49. The number of allylic oxidation sites excluding steroid dienone is 1. The average Bonchev–Trinajstić information content (AvgIpc) is 3.40. The highest BCUT2D eigenvalue weighted by atomic mass is 35.5. The van der Waals surface area contributed by atoms with E-state index in [-0.39, 0.29) is 29.0 Å². The van der Waals surface area contributed by atoms with Crippen molar-refractivity contribution in [2.45, 2.75) is 31.1 Å². The number of ether oxygens (including phenoxy) is 2. The molecule has 0 radical (unpaired) electrons. The first-order chi connectivity index (χ1) is 18.9. The molecule has 1 heterocycles. The molecule has 0 spiro atoms. The van der Waals surface area contributed by atoms with Crippen molar-refractivity contribution in [3.8, 4) is 11.5 Å². The van der Waals surface area contributed by atoms with Crippen LogP contribution in [0.2, 0.25) is 5.02 Å². The number of thioether (sulfide) groups is 1. The fourth-order valence-corrected chi connectivity index (χ4v) is 5.11. The van der Waals surface area contributed by atoms with Crippen LogP contribution in [0.3, 0.4) is 0 Å². The maximum absolute atomic E-state index is 13.2. The number of nitrogens with zero attached hydrogens (tertiary/aromatic N) is 2. The van der Waals surface area contributed by atoms with Crippen LogP contribution in [-0.4, -0.2) is 30.6 Å². The number of nitrogens with two attached hydrogens (primary N) is 1. The first-order valence-electron chi connectivity index (χ1n) is 12.4. The van der Waals surface area contributed by atoms with Crippen molar-refractivity contribution in [2.75, 3.05) is 23.4 Å². The van der Waals surface area contributed by atoms with Crippen molar-refractivity contribution in [2.24, 2.45) is 10.8 Å². The fourth-order valence-electron chi connectivity index (χ4n) is 4.46. The normalized spacial score (nSPS) is 13.9. The minimum atomic E-state index is -0.568. The summed E-state index contributed by atoms with van der Waals surface area (Å²) in [6.45, 7) is 1.93. The molecule has 2 aliphatic rings. The van der Waals surface area contributed by atoms with E-state index in [4.69, 9.17) is 31.9 Å². The number of nitrogens with one attached hydrogen (secondary N) is 1. The lowest BCUT2D eigenvalue weighted by Gasteiger charge is -2.28. The second-order valence-electron chi connectivity index (χ2n) is 8.91. The second-order valence-corrected chi connectivity index (χ2v) is 10.2. The molecule has 3 N–H and O–H groups in total. The van der Waals surface area contributed by atoms with Gasteiger partial charge in [-0.05, 0) is 73.5 Å². The Kier molecular flexibility index (Phi) is 7.81. The van der Waals surface area contributed by atoms with E-state index in [1.807, 2.05) is 55.6 Å². The number of rotatable bonds is 8. The van der Waals surface area contributed by atoms with E-state index in [9.17, 15) is 9.59 Å². The Labute approximate surface area is 235 Å². The number of halogens is 1. The van der Waals surface area contributed by atoms with Gasteiger partial charge in [-0.15, -0.1) is 11.8 Å². The Morgan fingerprint density at radius 3 is 2.54 bits per heavy atom. The lowest BCUT2D eigenvalue weighted by Crippen LogP contribution is -2.27. The Bertz CT molecular complexity index is 1500. The van der Waals surface area contributed by atoms with Crippen LogP contribution in [0.5, 0.6) is 11.5 Å². The van der Waals surface area contributed by atoms with Crippen molar-refractivity contribution in [1.82, 2.24) is 0 Å². The number of carbonyl (C=O) groups is 2. The van der Waals surface area contributed by atoms with Gasteiger partial charge < -0.3 is 20.5 Å². The van der Waals surface area contributed by atoms with Gasteiger partial charge in [0.15, 0.2) is 11.5 Å². The highest BCUT2D eigenvalue weighted by molar-refractivity contribution is 7.98. The molecule has 3 aromatic rings. The van der Waals surface area contributed by atoms with Gasteiger partial charge in [-0.25, -0.2) is 5.01 Å². The van der Waals surface area contributed by atoms with E-state index < -0.39 is 5.91 Å². The summed E-state index contributed by atoms with van der Waals surface area (Å²) in [4.78, 5) is 26.4. The number of hydrogen-bond acceptors (Lipinski definition) is 7. The molecule has 1 aliphatic carbocycles. The van der Waals surface area contributed by atoms with Crippen molar-refractivity contribution >= 4 is 58.0 Å². The van der Waals surface area contributed by atoms with Crippen LogP contribution in [0, 0.1) is 0 Å². The first-order valence-corrected chi connectivity index (χ1v) is 14.0. The van der Waals surface area contributed by atoms with E-state index in [1.165, 1.54) is 0 Å². The van der Waals surface area contributed by atoms with Crippen LogP contribution in [0.4, 0.5) is 11.4 Å². The monoisotopic (exact) mass is 562 g/mol. The number of benzene rings is 3. The van der Waals surface area contributed by atoms with Gasteiger partial charge in [-0.3, -0.25) is 9.59 Å². The molecule has 10 heteroatoms. The van der Waals surface area contributed by atoms with Crippen LogP contribution in [-0.2, 0) is 11.2 Å². The zero-order valence-electron chi connectivity index (χ0n) is 21.5. The Morgan fingerprint density at radius 2 is 1.85 bits per heavy atom. The molecule has 2 amide bonds. The van der Waals surface area contributed by atoms with Gasteiger partial charge in [-0.1, -0.05) is 30.7 Å². The molecule has 0 unspecified atom stereocenters. The number of hydrazone groups is 1. The number of aryl methyl sites for hydroxylation is 1. The molecule has 8 nitrogen and oxygen atoms in total. The average molecular weight is 563 g/mol. The molecule has 1 aliphatic heterocycles. The third kappa shape index (κ3) is 5.60. The zero-order chi connectivity index (χ0) is 27.5. The van der Waals surface area contributed by atoms with Crippen molar-refractivity contribution in [1.29, 1.82) is 0 Å². The van der Waals surface area contributed by atoms with Crippen LogP contribution >= 0.6 is 23.4 Å². The molecular formula is C29H27ClN4O4S. The van der Waals surface area contributed by atoms with Gasteiger partial charge in [0, 0.05) is 22.2 Å². The molecule has 0 saturated carbocycles. The van der Waals surface area contributed by atoms with Crippen molar-refractivity contribution in [3.63, 3.8) is 0 Å². The van der Waals surface area contributed by atoms with E-state index in [0.29, 0.717) is 23.6 Å². The molecule has 0 bridgehead atoms. The van der Waals surface area contributed by atoms with Crippen LogP contribution in [0.25, 0.3) is 5.70 Å². The topological polar surface area (TPSA) is 106 Å². The van der Waals surface area contributed by atoms with E-state index in [2.05, 4.69) is 11.4 Å². The summed E-state index contributed by atoms with van der Waals surface area (Å²) in [5.74, 6) is 0.0433. The zero-order valence-corrected chi connectivity index (χ0v) is 23.1. The van der Waals surface area contributed by atoms with Crippen molar-refractivity contribution in [3.05, 3.63) is 82.4 Å². The van der Waals surface area contributed by atoms with Crippen LogP contribution < -0.4 is 25.5 Å². The molecule has 0 aromatic heterocycles. The van der Waals surface area contributed by atoms with Gasteiger partial charge in [0.25, 0.3) is 11.8 Å². The highest BCUT2D eigenvalue weighted by Crippen LogP contribution is 2.38. The van der Waals surface area contributed by atoms with Crippen molar-refractivity contribution < 1.29 is 19.1 Å². The Balaban J connectivity index is 1.51. The number of fused-ring (bicyclic) bond motifs is 2.